The van der Waals surface area contributed by atoms with Gasteiger partial charge < -0.3 is 15.0 Å². The zero-order chi connectivity index (χ0) is 21.0. The van der Waals surface area contributed by atoms with Crippen LogP contribution in [0.5, 0.6) is 0 Å². The number of hydrogen-bond donors (Lipinski definition) is 2. The summed E-state index contributed by atoms with van der Waals surface area (Å²) >= 11 is 1.70. The highest BCUT2D eigenvalue weighted by atomic mass is 32.1. The summed E-state index contributed by atoms with van der Waals surface area (Å²) in [5.74, 6) is -1.34. The van der Waals surface area contributed by atoms with E-state index in [1.807, 2.05) is 13.1 Å². The fourth-order valence-electron chi connectivity index (χ4n) is 3.15. The number of aliphatic carboxylic acids is 1. The number of imidazole rings is 1. The average molecular weight is 424 g/mol. The minimum absolute atomic E-state index is 0.305. The van der Waals surface area contributed by atoms with Crippen molar-refractivity contribution in [2.75, 3.05) is 6.54 Å². The molecule has 2 aromatic heterocycles. The van der Waals surface area contributed by atoms with Crippen LogP contribution in [0, 0.1) is 6.92 Å². The van der Waals surface area contributed by atoms with Gasteiger partial charge in [-0.25, -0.2) is 14.8 Å². The molecule has 0 saturated carbocycles. The predicted molar refractivity (Wildman–Crippen MR) is 102 cm³/mol. The second kappa shape index (κ2) is 8.75. The lowest BCUT2D eigenvalue weighted by atomic mass is 9.90. The van der Waals surface area contributed by atoms with E-state index in [0.29, 0.717) is 5.92 Å². The number of carboxylic acid groups (broad SMARTS) is 1. The lowest BCUT2D eigenvalue weighted by Crippen LogP contribution is -2.30. The van der Waals surface area contributed by atoms with Crippen LogP contribution in [-0.4, -0.2) is 38.3 Å². The average Bonchev–Trinajstić information content (AvgIpc) is 3.30. The molecule has 2 N–H and O–H groups in total. The van der Waals surface area contributed by atoms with Gasteiger partial charge >= 0.3 is 12.1 Å². The summed E-state index contributed by atoms with van der Waals surface area (Å²) in [5.41, 5.74) is 3.87. The number of rotatable bonds is 3. The molecular formula is C19H19F3N4O2S. The molecule has 4 rings (SSSR count). The Bertz CT molecular complexity index is 984. The number of benzene rings is 1. The number of carbonyl (C=O) groups is 1. The van der Waals surface area contributed by atoms with E-state index in [0.717, 1.165) is 36.2 Å². The summed E-state index contributed by atoms with van der Waals surface area (Å²) in [4.78, 5) is 18.1. The maximum atomic E-state index is 10.6. The quantitative estimate of drug-likeness (QED) is 0.672. The van der Waals surface area contributed by atoms with Crippen LogP contribution in [0.4, 0.5) is 13.2 Å². The maximum Gasteiger partial charge on any atom is 0.490 e. The SMILES string of the molecule is Cc1nc(Cn2ccnc2C2CNCc3ccccc32)cs1.O=C(O)C(F)(F)F. The summed E-state index contributed by atoms with van der Waals surface area (Å²) < 4.78 is 34.0. The van der Waals surface area contributed by atoms with Crippen molar-refractivity contribution in [2.24, 2.45) is 0 Å². The standard InChI is InChI=1S/C17H18N4S.C2HF3O2/c1-12-20-14(11-22-12)10-21-7-6-19-17(21)16-9-18-8-13-4-2-3-5-15(13)16;3-2(4,5)1(6)7/h2-7,11,16,18H,8-10H2,1H3;(H,6,7). The van der Waals surface area contributed by atoms with E-state index in [1.165, 1.54) is 11.1 Å². The molecule has 3 aromatic rings. The molecule has 0 amide bonds. The largest absolute Gasteiger partial charge is 0.490 e. The normalized spacial score (nSPS) is 15.9. The lowest BCUT2D eigenvalue weighted by molar-refractivity contribution is -0.192. The molecule has 154 valence electrons. The first-order valence-corrected chi connectivity index (χ1v) is 9.64. The van der Waals surface area contributed by atoms with Crippen molar-refractivity contribution < 1.29 is 23.1 Å². The van der Waals surface area contributed by atoms with Gasteiger partial charge in [-0.2, -0.15) is 13.2 Å². The van der Waals surface area contributed by atoms with Crippen molar-refractivity contribution in [1.29, 1.82) is 0 Å². The lowest BCUT2D eigenvalue weighted by Gasteiger charge is -2.26. The molecule has 29 heavy (non-hydrogen) atoms. The van der Waals surface area contributed by atoms with E-state index in [4.69, 9.17) is 9.90 Å². The van der Waals surface area contributed by atoms with Crippen LogP contribution in [0.15, 0.2) is 42.0 Å². The van der Waals surface area contributed by atoms with Gasteiger partial charge in [-0.05, 0) is 18.1 Å². The van der Waals surface area contributed by atoms with E-state index in [-0.39, 0.29) is 0 Å². The molecule has 1 atom stereocenters. The zero-order valence-corrected chi connectivity index (χ0v) is 16.3. The first-order valence-electron chi connectivity index (χ1n) is 8.76. The van der Waals surface area contributed by atoms with Crippen LogP contribution < -0.4 is 5.32 Å². The molecule has 1 aliphatic heterocycles. The Hall–Kier alpha value is -2.72. The fourth-order valence-corrected chi connectivity index (χ4v) is 3.75. The molecule has 6 nitrogen and oxygen atoms in total. The topological polar surface area (TPSA) is 80.0 Å². The molecule has 1 unspecified atom stereocenters. The summed E-state index contributed by atoms with van der Waals surface area (Å²) in [5, 5.41) is 13.9. The molecule has 0 bridgehead atoms. The van der Waals surface area contributed by atoms with E-state index >= 15 is 0 Å². The first kappa shape index (κ1) is 21.0. The monoisotopic (exact) mass is 424 g/mol. The maximum absolute atomic E-state index is 10.6. The smallest absolute Gasteiger partial charge is 0.475 e. The number of alkyl halides is 3. The molecule has 1 aromatic carbocycles. The van der Waals surface area contributed by atoms with Crippen LogP contribution in [-0.2, 0) is 17.9 Å². The number of halogens is 3. The molecule has 0 saturated heterocycles. The van der Waals surface area contributed by atoms with Crippen LogP contribution in [0.1, 0.15) is 33.6 Å². The van der Waals surface area contributed by atoms with Crippen molar-refractivity contribution in [1.82, 2.24) is 19.9 Å². The van der Waals surface area contributed by atoms with Gasteiger partial charge in [-0.3, -0.25) is 0 Å². The summed E-state index contributed by atoms with van der Waals surface area (Å²) in [7, 11) is 0. The minimum Gasteiger partial charge on any atom is -0.475 e. The third-order valence-electron chi connectivity index (χ3n) is 4.40. The molecule has 0 aliphatic carbocycles. The second-order valence-electron chi connectivity index (χ2n) is 6.46. The molecule has 0 fully saturated rings. The van der Waals surface area contributed by atoms with Gasteiger partial charge in [0, 0.05) is 30.9 Å². The van der Waals surface area contributed by atoms with Crippen molar-refractivity contribution in [2.45, 2.75) is 32.1 Å². The van der Waals surface area contributed by atoms with Crippen LogP contribution in [0.3, 0.4) is 0 Å². The van der Waals surface area contributed by atoms with Gasteiger partial charge in [0.25, 0.3) is 0 Å². The Morgan fingerprint density at radius 3 is 2.76 bits per heavy atom. The van der Waals surface area contributed by atoms with E-state index in [2.05, 4.69) is 55.7 Å². The predicted octanol–water partition coefficient (Wildman–Crippen LogP) is 3.56. The summed E-state index contributed by atoms with van der Waals surface area (Å²) in [6, 6.07) is 8.65. The number of thiazole rings is 1. The minimum atomic E-state index is -5.08. The number of fused-ring (bicyclic) bond motifs is 1. The molecule has 3 heterocycles. The first-order chi connectivity index (χ1) is 13.8. The molecule has 1 aliphatic rings. The number of nitrogens with one attached hydrogen (secondary N) is 1. The highest BCUT2D eigenvalue weighted by Gasteiger charge is 2.38. The van der Waals surface area contributed by atoms with Crippen LogP contribution in [0.2, 0.25) is 0 Å². The van der Waals surface area contributed by atoms with Gasteiger partial charge in [0.2, 0.25) is 0 Å². The van der Waals surface area contributed by atoms with Crippen molar-refractivity contribution in [3.05, 3.63) is 69.7 Å². The number of hydrogen-bond acceptors (Lipinski definition) is 5. The van der Waals surface area contributed by atoms with Gasteiger partial charge in [0.15, 0.2) is 0 Å². The third-order valence-corrected chi connectivity index (χ3v) is 5.22. The van der Waals surface area contributed by atoms with E-state index < -0.39 is 12.1 Å². The third kappa shape index (κ3) is 5.21. The number of aromatic nitrogens is 3. The van der Waals surface area contributed by atoms with Gasteiger partial charge in [-0.1, -0.05) is 24.3 Å². The van der Waals surface area contributed by atoms with Gasteiger partial charge in [0.05, 0.1) is 23.2 Å². The van der Waals surface area contributed by atoms with E-state index in [1.54, 1.807) is 11.3 Å². The Balaban J connectivity index is 0.000000298. The van der Waals surface area contributed by atoms with Crippen LogP contribution in [0.25, 0.3) is 0 Å². The number of aryl methyl sites for hydroxylation is 1. The zero-order valence-electron chi connectivity index (χ0n) is 15.5. The summed E-state index contributed by atoms with van der Waals surface area (Å²) in [6.45, 7) is 4.71. The van der Waals surface area contributed by atoms with Gasteiger partial charge in [-0.15, -0.1) is 11.3 Å². The molecule has 0 spiro atoms. The molecular weight excluding hydrogens is 405 g/mol. The number of carboxylic acids is 1. The highest BCUT2D eigenvalue weighted by Crippen LogP contribution is 2.29. The van der Waals surface area contributed by atoms with Crippen molar-refractivity contribution in [3.8, 4) is 0 Å². The Kier molecular flexibility index (Phi) is 6.33. The summed E-state index contributed by atoms with van der Waals surface area (Å²) in [6.07, 6.45) is -1.13. The van der Waals surface area contributed by atoms with Crippen molar-refractivity contribution >= 4 is 17.3 Å². The fraction of sp³-hybridized carbons (Fsp3) is 0.316. The van der Waals surface area contributed by atoms with Gasteiger partial charge in [0.1, 0.15) is 5.82 Å². The molecule has 10 heteroatoms. The Labute approximate surface area is 169 Å². The second-order valence-corrected chi connectivity index (χ2v) is 7.52. The van der Waals surface area contributed by atoms with E-state index in [9.17, 15) is 13.2 Å². The van der Waals surface area contributed by atoms with Crippen molar-refractivity contribution in [3.63, 3.8) is 0 Å². The Morgan fingerprint density at radius 1 is 1.38 bits per heavy atom. The Morgan fingerprint density at radius 2 is 2.10 bits per heavy atom. The number of nitrogens with zero attached hydrogens (tertiary/aromatic N) is 3. The molecule has 0 radical (unpaired) electrons. The van der Waals surface area contributed by atoms with Crippen LogP contribution >= 0.6 is 11.3 Å². The highest BCUT2D eigenvalue weighted by molar-refractivity contribution is 7.09.